The Morgan fingerprint density at radius 3 is 2.58 bits per heavy atom. The zero-order valence-electron chi connectivity index (χ0n) is 11.7. The van der Waals surface area contributed by atoms with Gasteiger partial charge >= 0.3 is 0 Å². The first-order chi connectivity index (χ1) is 9.29. The molecule has 0 aromatic rings. The summed E-state index contributed by atoms with van der Waals surface area (Å²) in [5, 5.41) is 3.23. The van der Waals surface area contributed by atoms with Gasteiger partial charge in [0.15, 0.2) is 5.96 Å². The number of nitrogens with one attached hydrogen (secondary N) is 1. The van der Waals surface area contributed by atoms with E-state index in [2.05, 4.69) is 15.2 Å². The number of hydrogen-bond donors (Lipinski definition) is 2. The lowest BCUT2D eigenvalue weighted by molar-refractivity contribution is -0.0373. The third kappa shape index (κ3) is 3.60. The normalized spacial score (nSPS) is 32.3. The maximum atomic E-state index is 5.88. The maximum absolute atomic E-state index is 5.88. The van der Waals surface area contributed by atoms with Crippen LogP contribution in [0.2, 0.25) is 0 Å². The van der Waals surface area contributed by atoms with Crippen molar-refractivity contribution in [2.24, 2.45) is 16.6 Å². The van der Waals surface area contributed by atoms with Gasteiger partial charge in [-0.1, -0.05) is 6.42 Å². The molecule has 0 aromatic carbocycles. The Bertz CT molecular complexity index is 317. The van der Waals surface area contributed by atoms with E-state index in [0.717, 1.165) is 38.6 Å². The van der Waals surface area contributed by atoms with Crippen LogP contribution in [0.4, 0.5) is 0 Å². The minimum Gasteiger partial charge on any atom is -0.372 e. The fourth-order valence-electron chi connectivity index (χ4n) is 3.18. The number of nitrogens with zero attached hydrogens (tertiary/aromatic N) is 2. The minimum atomic E-state index is 0.475. The van der Waals surface area contributed by atoms with Crippen LogP contribution in [0.15, 0.2) is 4.99 Å². The predicted octanol–water partition coefficient (Wildman–Crippen LogP) is 0.554. The second-order valence-electron chi connectivity index (χ2n) is 6.17. The van der Waals surface area contributed by atoms with Crippen molar-refractivity contribution in [3.8, 4) is 0 Å². The number of likely N-dealkylation sites (tertiary alicyclic amines) is 1. The number of morpholine rings is 1. The summed E-state index contributed by atoms with van der Waals surface area (Å²) in [5.41, 5.74) is 5.88. The lowest BCUT2D eigenvalue weighted by Gasteiger charge is -2.32. The molecule has 3 rings (SSSR count). The van der Waals surface area contributed by atoms with E-state index < -0.39 is 0 Å². The molecule has 5 heteroatoms. The van der Waals surface area contributed by atoms with E-state index in [1.54, 1.807) is 0 Å². The summed E-state index contributed by atoms with van der Waals surface area (Å²) in [5.74, 6) is 1.40. The number of hydrogen-bond acceptors (Lipinski definition) is 3. The zero-order valence-corrected chi connectivity index (χ0v) is 11.7. The summed E-state index contributed by atoms with van der Waals surface area (Å²) in [4.78, 5) is 6.90. The molecule has 3 fully saturated rings. The molecule has 19 heavy (non-hydrogen) atoms. The van der Waals surface area contributed by atoms with Gasteiger partial charge in [0.25, 0.3) is 0 Å². The van der Waals surface area contributed by atoms with Gasteiger partial charge in [-0.3, -0.25) is 9.89 Å². The maximum Gasteiger partial charge on any atom is 0.188 e. The fraction of sp³-hybridized carbons (Fsp3) is 0.929. The van der Waals surface area contributed by atoms with E-state index in [0.29, 0.717) is 18.2 Å². The van der Waals surface area contributed by atoms with Gasteiger partial charge in [0.2, 0.25) is 0 Å². The average molecular weight is 266 g/mol. The Morgan fingerprint density at radius 2 is 1.95 bits per heavy atom. The number of nitrogens with two attached hydrogens (primary N) is 1. The molecular weight excluding hydrogens is 240 g/mol. The molecule has 1 aliphatic carbocycles. The molecule has 0 amide bonds. The molecule has 2 saturated heterocycles. The highest BCUT2D eigenvalue weighted by molar-refractivity contribution is 5.77. The van der Waals surface area contributed by atoms with Gasteiger partial charge < -0.3 is 15.8 Å². The predicted molar refractivity (Wildman–Crippen MR) is 76.2 cm³/mol. The topological polar surface area (TPSA) is 62.9 Å². The summed E-state index contributed by atoms with van der Waals surface area (Å²) in [7, 11) is 0. The molecule has 3 aliphatic rings. The van der Waals surface area contributed by atoms with Crippen LogP contribution in [0.5, 0.6) is 0 Å². The van der Waals surface area contributed by atoms with Crippen molar-refractivity contribution in [1.29, 1.82) is 0 Å². The molecule has 108 valence electrons. The van der Waals surface area contributed by atoms with Crippen LogP contribution in [-0.4, -0.2) is 55.8 Å². The Kier molecular flexibility index (Phi) is 4.23. The van der Waals surface area contributed by atoms with Crippen LogP contribution in [0.1, 0.15) is 32.1 Å². The zero-order chi connectivity index (χ0) is 13.1. The number of guanidine groups is 1. The summed E-state index contributed by atoms with van der Waals surface area (Å²) in [6.07, 6.45) is 7.44. The average Bonchev–Trinajstić information content (AvgIpc) is 2.67. The van der Waals surface area contributed by atoms with Gasteiger partial charge in [0.1, 0.15) is 0 Å². The Morgan fingerprint density at radius 1 is 1.21 bits per heavy atom. The Hall–Kier alpha value is -0.810. The standard InChI is InChI=1S/C14H26N4O/c15-14(17-8-11-2-1-3-11)16-6-7-18-9-12-4-5-13(10-18)19-12/h11-13H,1-10H2,(H3,15,16,17). The van der Waals surface area contributed by atoms with Crippen molar-refractivity contribution in [2.45, 2.75) is 44.3 Å². The SMILES string of the molecule is NC(=NCC1CCC1)NCCN1CC2CCC(C1)O2. The van der Waals surface area contributed by atoms with Crippen molar-refractivity contribution in [3.63, 3.8) is 0 Å². The van der Waals surface area contributed by atoms with E-state index >= 15 is 0 Å². The van der Waals surface area contributed by atoms with Crippen molar-refractivity contribution in [2.75, 3.05) is 32.7 Å². The molecule has 1 saturated carbocycles. The van der Waals surface area contributed by atoms with Crippen LogP contribution >= 0.6 is 0 Å². The molecular formula is C14H26N4O. The molecule has 3 N–H and O–H groups in total. The molecule has 2 aliphatic heterocycles. The molecule has 0 aromatic heterocycles. The smallest absolute Gasteiger partial charge is 0.188 e. The molecule has 0 radical (unpaired) electrons. The molecule has 0 spiro atoms. The number of fused-ring (bicyclic) bond motifs is 2. The van der Waals surface area contributed by atoms with Crippen molar-refractivity contribution in [1.82, 2.24) is 10.2 Å². The first-order valence-corrected chi connectivity index (χ1v) is 7.71. The highest BCUT2D eigenvalue weighted by Crippen LogP contribution is 2.26. The molecule has 2 atom stereocenters. The first kappa shape index (κ1) is 13.2. The van der Waals surface area contributed by atoms with Crippen LogP contribution in [-0.2, 0) is 4.74 Å². The third-order valence-electron chi connectivity index (χ3n) is 4.60. The van der Waals surface area contributed by atoms with Crippen LogP contribution < -0.4 is 11.1 Å². The Labute approximate surface area is 115 Å². The number of rotatable bonds is 5. The fourth-order valence-corrected chi connectivity index (χ4v) is 3.18. The summed E-state index contributed by atoms with van der Waals surface area (Å²) in [6.45, 7) is 4.99. The quantitative estimate of drug-likeness (QED) is 0.563. The van der Waals surface area contributed by atoms with Crippen LogP contribution in [0.25, 0.3) is 0 Å². The van der Waals surface area contributed by atoms with Crippen molar-refractivity contribution in [3.05, 3.63) is 0 Å². The second-order valence-corrected chi connectivity index (χ2v) is 6.17. The summed E-state index contributed by atoms with van der Waals surface area (Å²) in [6, 6.07) is 0. The summed E-state index contributed by atoms with van der Waals surface area (Å²) >= 11 is 0. The number of ether oxygens (including phenoxy) is 1. The van der Waals surface area contributed by atoms with Crippen molar-refractivity contribution >= 4 is 5.96 Å². The van der Waals surface area contributed by atoms with E-state index in [-0.39, 0.29) is 0 Å². The summed E-state index contributed by atoms with van der Waals surface area (Å²) < 4.78 is 5.83. The van der Waals surface area contributed by atoms with Gasteiger partial charge in [-0.15, -0.1) is 0 Å². The van der Waals surface area contributed by atoms with Gasteiger partial charge in [-0.2, -0.15) is 0 Å². The third-order valence-corrected chi connectivity index (χ3v) is 4.60. The van der Waals surface area contributed by atoms with Crippen LogP contribution in [0.3, 0.4) is 0 Å². The monoisotopic (exact) mass is 266 g/mol. The second kappa shape index (κ2) is 6.09. The largest absolute Gasteiger partial charge is 0.372 e. The molecule has 2 bridgehead atoms. The molecule has 5 nitrogen and oxygen atoms in total. The van der Waals surface area contributed by atoms with Gasteiger partial charge in [0.05, 0.1) is 12.2 Å². The Balaban J connectivity index is 1.31. The highest BCUT2D eigenvalue weighted by Gasteiger charge is 2.33. The van der Waals surface area contributed by atoms with E-state index in [9.17, 15) is 0 Å². The van der Waals surface area contributed by atoms with Crippen LogP contribution in [0, 0.1) is 5.92 Å². The van der Waals surface area contributed by atoms with E-state index in [1.807, 2.05) is 0 Å². The minimum absolute atomic E-state index is 0.475. The molecule has 2 heterocycles. The number of aliphatic imine (C=N–C) groups is 1. The highest BCUT2D eigenvalue weighted by atomic mass is 16.5. The van der Waals surface area contributed by atoms with Gasteiger partial charge in [-0.05, 0) is 31.6 Å². The van der Waals surface area contributed by atoms with Gasteiger partial charge in [-0.25, -0.2) is 0 Å². The van der Waals surface area contributed by atoms with E-state index in [4.69, 9.17) is 10.5 Å². The molecule has 2 unspecified atom stereocenters. The lowest BCUT2D eigenvalue weighted by Crippen LogP contribution is -2.46. The first-order valence-electron chi connectivity index (χ1n) is 7.71. The van der Waals surface area contributed by atoms with Gasteiger partial charge in [0, 0.05) is 32.7 Å². The van der Waals surface area contributed by atoms with E-state index in [1.165, 1.54) is 32.1 Å². The lowest BCUT2D eigenvalue weighted by atomic mass is 9.86. The van der Waals surface area contributed by atoms with Crippen molar-refractivity contribution < 1.29 is 4.74 Å².